The number of carboxylic acids is 1. The van der Waals surface area contributed by atoms with Crippen LogP contribution in [0.4, 0.5) is 0 Å². The second kappa shape index (κ2) is 16.3. The Morgan fingerprint density at radius 2 is 1.59 bits per heavy atom. The topological polar surface area (TPSA) is 78.5 Å². The maximum atomic E-state index is 11.1. The second-order valence-electron chi connectivity index (χ2n) is 8.25. The number of carboxylic acid groups (broad SMARTS) is 1. The molecule has 5 nitrogen and oxygen atoms in total. The number of rotatable bonds is 19. The number of carbonyl (C=O) groups is 1. The number of allylic oxidation sites excluding steroid dienone is 2. The first-order valence-corrected chi connectivity index (χ1v) is 11.8. The number of unbranched alkanes of at least 4 members (excludes halogenated alkanes) is 11. The van der Waals surface area contributed by atoms with Crippen LogP contribution in [0.1, 0.15) is 96.8 Å². The predicted molar refractivity (Wildman–Crippen MR) is 120 cm³/mol. The van der Waals surface area contributed by atoms with Crippen LogP contribution in [-0.4, -0.2) is 35.9 Å². The zero-order valence-electron chi connectivity index (χ0n) is 18.6. The lowest BCUT2D eigenvalue weighted by molar-refractivity contribution is -0.780. The Hall–Kier alpha value is -1.46. The van der Waals surface area contributed by atoms with E-state index in [1.807, 2.05) is 6.20 Å². The van der Waals surface area contributed by atoms with Gasteiger partial charge in [-0.25, -0.2) is 9.48 Å². The van der Waals surface area contributed by atoms with Gasteiger partial charge in [0.25, 0.3) is 0 Å². The van der Waals surface area contributed by atoms with Crippen molar-refractivity contribution in [1.29, 1.82) is 0 Å². The lowest BCUT2D eigenvalue weighted by atomic mass is 10.1. The molecular weight excluding hydrogens is 362 g/mol. The highest BCUT2D eigenvalue weighted by atomic mass is 16.4. The summed E-state index contributed by atoms with van der Waals surface area (Å²) in [7, 11) is 0. The van der Waals surface area contributed by atoms with E-state index in [0.717, 1.165) is 25.1 Å². The zero-order chi connectivity index (χ0) is 21.2. The van der Waals surface area contributed by atoms with E-state index in [1.54, 1.807) is 6.20 Å². The molecule has 1 unspecified atom stereocenters. The summed E-state index contributed by atoms with van der Waals surface area (Å²) >= 11 is 0. The Morgan fingerprint density at radius 3 is 2.17 bits per heavy atom. The van der Waals surface area contributed by atoms with Crippen LogP contribution < -0.4 is 10.8 Å². The number of amidine groups is 1. The van der Waals surface area contributed by atoms with Crippen LogP contribution in [0.2, 0.25) is 0 Å². The number of nitrogens with zero attached hydrogens (tertiary/aromatic N) is 2. The number of hydrogen-bond donors (Lipinski definition) is 1. The van der Waals surface area contributed by atoms with Crippen LogP contribution in [0.25, 0.3) is 0 Å². The summed E-state index contributed by atoms with van der Waals surface area (Å²) in [5.74, 6) is -0.191. The molecule has 0 radical (unpaired) electrons. The first-order valence-electron chi connectivity index (χ1n) is 11.8. The van der Waals surface area contributed by atoms with E-state index in [-0.39, 0.29) is 11.0 Å². The molecule has 0 saturated carbocycles. The van der Waals surface area contributed by atoms with Gasteiger partial charge < -0.3 is 15.6 Å². The molecule has 0 spiro atoms. The highest BCUT2D eigenvalue weighted by Crippen LogP contribution is 2.20. The molecule has 0 saturated heterocycles. The van der Waals surface area contributed by atoms with Gasteiger partial charge in [-0.2, -0.15) is 0 Å². The standard InChI is InChI=1S/C24H43N3O2/c1-2-3-4-5-6-7-8-9-10-11-12-13-14-15-16-17-23-26-19-21-27(23,20-18-25)22-24(28)29/h14-15,19,21H,2-13,16-18,20,22,25H2,1H3/b15-14+. The molecule has 0 bridgehead atoms. The average molecular weight is 406 g/mol. The van der Waals surface area contributed by atoms with E-state index in [9.17, 15) is 9.90 Å². The summed E-state index contributed by atoms with van der Waals surface area (Å²) < 4.78 is 0.214. The van der Waals surface area contributed by atoms with Gasteiger partial charge >= 0.3 is 0 Å². The van der Waals surface area contributed by atoms with Gasteiger partial charge in [-0.05, 0) is 19.3 Å². The number of aliphatic carboxylic acids is 1. The molecule has 166 valence electrons. The SMILES string of the molecule is CCCCCCCCCCCCC/C=C/CCC1=NC=C[N+]1(CCN)CC(=O)[O-]. The van der Waals surface area contributed by atoms with Crippen LogP contribution in [0, 0.1) is 0 Å². The molecule has 1 heterocycles. The summed E-state index contributed by atoms with van der Waals surface area (Å²) in [6, 6.07) is 0. The Balaban J connectivity index is 2.06. The third-order valence-corrected chi connectivity index (χ3v) is 5.70. The van der Waals surface area contributed by atoms with Gasteiger partial charge in [0, 0.05) is 13.0 Å². The Labute approximate surface area is 178 Å². The second-order valence-corrected chi connectivity index (χ2v) is 8.25. The van der Waals surface area contributed by atoms with Crippen molar-refractivity contribution in [3.05, 3.63) is 24.6 Å². The Kier molecular flexibility index (Phi) is 14.4. The van der Waals surface area contributed by atoms with Crippen molar-refractivity contribution in [1.82, 2.24) is 0 Å². The van der Waals surface area contributed by atoms with Gasteiger partial charge in [-0.1, -0.05) is 83.3 Å². The van der Waals surface area contributed by atoms with E-state index in [4.69, 9.17) is 5.73 Å². The van der Waals surface area contributed by atoms with Gasteiger partial charge in [-0.3, -0.25) is 0 Å². The van der Waals surface area contributed by atoms with Crippen molar-refractivity contribution in [2.24, 2.45) is 10.7 Å². The number of quaternary nitrogens is 1. The fraction of sp³-hybridized carbons (Fsp3) is 0.750. The highest BCUT2D eigenvalue weighted by molar-refractivity contribution is 5.81. The number of carbonyl (C=O) groups excluding carboxylic acids is 1. The number of hydrogen-bond acceptors (Lipinski definition) is 4. The maximum absolute atomic E-state index is 11.1. The first-order chi connectivity index (χ1) is 14.1. The molecule has 0 fully saturated rings. The van der Waals surface area contributed by atoms with Gasteiger partial charge in [-0.15, -0.1) is 0 Å². The predicted octanol–water partition coefficient (Wildman–Crippen LogP) is 4.43. The number of aliphatic imine (C=N–C) groups is 1. The molecule has 0 aromatic rings. The van der Waals surface area contributed by atoms with Gasteiger partial charge in [0.05, 0.1) is 12.2 Å². The lowest BCUT2D eigenvalue weighted by Crippen LogP contribution is -2.54. The van der Waals surface area contributed by atoms with E-state index < -0.39 is 5.97 Å². The molecular formula is C24H43N3O2. The van der Waals surface area contributed by atoms with E-state index in [1.165, 1.54) is 70.6 Å². The number of nitrogens with two attached hydrogens (primary N) is 1. The quantitative estimate of drug-likeness (QED) is 0.196. The molecule has 1 atom stereocenters. The van der Waals surface area contributed by atoms with Crippen LogP contribution in [0.15, 0.2) is 29.5 Å². The van der Waals surface area contributed by atoms with Gasteiger partial charge in [0.15, 0.2) is 0 Å². The molecule has 0 aromatic carbocycles. The highest BCUT2D eigenvalue weighted by Gasteiger charge is 2.34. The van der Waals surface area contributed by atoms with Crippen molar-refractivity contribution < 1.29 is 14.4 Å². The summed E-state index contributed by atoms with van der Waals surface area (Å²) in [4.78, 5) is 15.5. The minimum atomic E-state index is -1.07. The summed E-state index contributed by atoms with van der Waals surface area (Å²) in [5.41, 5.74) is 5.69. The minimum Gasteiger partial charge on any atom is -0.544 e. The smallest absolute Gasteiger partial charge is 0.208 e. The van der Waals surface area contributed by atoms with Crippen LogP contribution in [-0.2, 0) is 4.79 Å². The fourth-order valence-electron chi connectivity index (χ4n) is 4.00. The van der Waals surface area contributed by atoms with E-state index >= 15 is 0 Å². The molecule has 2 N–H and O–H groups in total. The third kappa shape index (κ3) is 11.3. The van der Waals surface area contributed by atoms with Crippen molar-refractivity contribution in [2.75, 3.05) is 19.6 Å². The molecule has 29 heavy (non-hydrogen) atoms. The van der Waals surface area contributed by atoms with Crippen molar-refractivity contribution in [2.45, 2.75) is 96.8 Å². The molecule has 0 amide bonds. The summed E-state index contributed by atoms with van der Waals surface area (Å²) in [6.45, 7) is 3.15. The molecule has 0 aromatic heterocycles. The zero-order valence-corrected chi connectivity index (χ0v) is 18.6. The summed E-state index contributed by atoms with van der Waals surface area (Å²) in [5, 5.41) is 11.1. The molecule has 0 aliphatic carbocycles. The van der Waals surface area contributed by atoms with Gasteiger partial charge in [0.2, 0.25) is 5.84 Å². The Bertz CT molecular complexity index is 528. The third-order valence-electron chi connectivity index (χ3n) is 5.70. The summed E-state index contributed by atoms with van der Waals surface area (Å²) in [6.07, 6.45) is 25.8. The van der Waals surface area contributed by atoms with Crippen molar-refractivity contribution >= 4 is 11.8 Å². The van der Waals surface area contributed by atoms with Gasteiger partial charge in [0.1, 0.15) is 19.3 Å². The largest absolute Gasteiger partial charge is 0.544 e. The van der Waals surface area contributed by atoms with E-state index in [2.05, 4.69) is 24.1 Å². The normalized spacial score (nSPS) is 18.6. The molecule has 1 aliphatic rings. The average Bonchev–Trinajstić information content (AvgIpc) is 3.06. The first kappa shape index (κ1) is 25.6. The molecule has 5 heteroatoms. The monoisotopic (exact) mass is 405 g/mol. The van der Waals surface area contributed by atoms with Crippen LogP contribution in [0.3, 0.4) is 0 Å². The molecule has 1 aliphatic heterocycles. The van der Waals surface area contributed by atoms with E-state index in [0.29, 0.717) is 13.1 Å². The minimum absolute atomic E-state index is 0.0883. The lowest BCUT2D eigenvalue weighted by Gasteiger charge is -2.32. The fourth-order valence-corrected chi connectivity index (χ4v) is 4.00. The van der Waals surface area contributed by atoms with Crippen LogP contribution in [0.5, 0.6) is 0 Å². The van der Waals surface area contributed by atoms with Crippen molar-refractivity contribution in [3.8, 4) is 0 Å². The van der Waals surface area contributed by atoms with Crippen molar-refractivity contribution in [3.63, 3.8) is 0 Å². The Morgan fingerprint density at radius 1 is 1.00 bits per heavy atom. The van der Waals surface area contributed by atoms with Crippen LogP contribution >= 0.6 is 0 Å². The maximum Gasteiger partial charge on any atom is 0.208 e. The molecule has 1 rings (SSSR count).